The van der Waals surface area contributed by atoms with Crippen LogP contribution in [-0.4, -0.2) is 43.8 Å². The van der Waals surface area contributed by atoms with E-state index in [1.54, 1.807) is 7.11 Å². The summed E-state index contributed by atoms with van der Waals surface area (Å²) in [6.45, 7) is 7.81. The molecule has 34 heavy (non-hydrogen) atoms. The minimum Gasteiger partial charge on any atom is -0.461 e. The van der Waals surface area contributed by atoms with Crippen molar-refractivity contribution in [3.05, 3.63) is 23.8 Å². The van der Waals surface area contributed by atoms with Crippen LogP contribution in [0.15, 0.2) is 23.8 Å². The highest BCUT2D eigenvalue weighted by atomic mass is 16.6. The molecular formula is C29H40O5. The predicted octanol–water partition coefficient (Wildman–Crippen LogP) is 4.89. The molecule has 0 radical (unpaired) electrons. The standard InChI is InChI=1S/C29H40O5/c1-27-13-12-22-18(9-8-17-6-5-7-25(30)29(17,22)3)20(27)10-11-21(27)19-15-33-28(2)14-24(19)34-26(31)23(28)16-32-4/h5,7-8,18-24H,6,9-16H2,1-4H3/t18-,19-,20+,21+,22-,23+,24-,27-,28-,29-/m0/s1. The van der Waals surface area contributed by atoms with Crippen molar-refractivity contribution < 1.29 is 23.8 Å². The van der Waals surface area contributed by atoms with Crippen LogP contribution in [0, 0.1) is 46.3 Å². The van der Waals surface area contributed by atoms with Gasteiger partial charge in [-0.05, 0) is 87.5 Å². The third-order valence-electron chi connectivity index (χ3n) is 11.5. The lowest BCUT2D eigenvalue weighted by Gasteiger charge is -2.58. The number of ketones is 1. The molecule has 6 aliphatic rings. The highest BCUT2D eigenvalue weighted by Gasteiger charge is 2.63. The Morgan fingerprint density at radius 3 is 2.59 bits per heavy atom. The predicted molar refractivity (Wildman–Crippen MR) is 128 cm³/mol. The van der Waals surface area contributed by atoms with E-state index < -0.39 is 5.60 Å². The lowest BCUT2D eigenvalue weighted by atomic mass is 9.47. The number of hydrogen-bond acceptors (Lipinski definition) is 5. The second kappa shape index (κ2) is 7.77. The van der Waals surface area contributed by atoms with Gasteiger partial charge in [-0.25, -0.2) is 0 Å². The first-order chi connectivity index (χ1) is 16.2. The smallest absolute Gasteiger partial charge is 0.314 e. The molecule has 10 atom stereocenters. The molecule has 5 nitrogen and oxygen atoms in total. The van der Waals surface area contributed by atoms with Crippen LogP contribution < -0.4 is 0 Å². The third kappa shape index (κ3) is 2.98. The van der Waals surface area contributed by atoms with Crippen molar-refractivity contribution in [3.8, 4) is 0 Å². The van der Waals surface area contributed by atoms with Crippen LogP contribution in [0.3, 0.4) is 0 Å². The van der Waals surface area contributed by atoms with E-state index >= 15 is 0 Å². The number of carbonyl (C=O) groups is 2. The van der Waals surface area contributed by atoms with Crippen LogP contribution in [-0.2, 0) is 23.8 Å². The molecule has 0 aromatic rings. The van der Waals surface area contributed by atoms with E-state index in [0.29, 0.717) is 42.7 Å². The molecule has 4 fully saturated rings. The Labute approximate surface area is 203 Å². The maximum atomic E-state index is 13.1. The molecule has 2 saturated heterocycles. The minimum absolute atomic E-state index is 0.0573. The van der Waals surface area contributed by atoms with Gasteiger partial charge in [0.25, 0.3) is 0 Å². The molecule has 0 N–H and O–H groups in total. The van der Waals surface area contributed by atoms with E-state index in [1.807, 2.05) is 12.2 Å². The van der Waals surface area contributed by atoms with Crippen molar-refractivity contribution in [3.63, 3.8) is 0 Å². The van der Waals surface area contributed by atoms with Crippen molar-refractivity contribution in [2.45, 2.75) is 77.4 Å². The highest BCUT2D eigenvalue weighted by molar-refractivity contribution is 5.98. The van der Waals surface area contributed by atoms with Gasteiger partial charge in [-0.15, -0.1) is 0 Å². The summed E-state index contributed by atoms with van der Waals surface area (Å²) in [5, 5.41) is 0. The second-order valence-electron chi connectivity index (χ2n) is 12.7. The monoisotopic (exact) mass is 468 g/mol. The number of allylic oxidation sites excluding steroid dienone is 4. The molecule has 0 spiro atoms. The van der Waals surface area contributed by atoms with Gasteiger partial charge in [0.05, 0.1) is 24.2 Å². The number of methoxy groups -OCH3 is 1. The fourth-order valence-electron chi connectivity index (χ4n) is 9.55. The van der Waals surface area contributed by atoms with Gasteiger partial charge >= 0.3 is 5.97 Å². The SMILES string of the molecule is COC[C@@H]1C(=O)O[C@H]2C[C@]1(C)OC[C@H]2[C@H]1CC[C@@H]2[C@@H]3CC=C4CC=CC(=O)[C@]4(C)[C@H]3CC[C@]12C. The first-order valence-electron chi connectivity index (χ1n) is 13.5. The summed E-state index contributed by atoms with van der Waals surface area (Å²) >= 11 is 0. The van der Waals surface area contributed by atoms with E-state index in [0.717, 1.165) is 32.1 Å². The van der Waals surface area contributed by atoms with Crippen LogP contribution in [0.5, 0.6) is 0 Å². The summed E-state index contributed by atoms with van der Waals surface area (Å²) in [4.78, 5) is 26.0. The van der Waals surface area contributed by atoms with Gasteiger partial charge in [-0.2, -0.15) is 0 Å². The Hall–Kier alpha value is -1.46. The zero-order valence-electron chi connectivity index (χ0n) is 21.2. The average molecular weight is 469 g/mol. The Balaban J connectivity index is 1.25. The molecule has 2 heterocycles. The molecule has 4 aliphatic carbocycles. The number of fused-ring (bicyclic) bond motifs is 7. The summed E-state index contributed by atoms with van der Waals surface area (Å²) in [7, 11) is 1.63. The molecule has 2 saturated carbocycles. The maximum Gasteiger partial charge on any atom is 0.314 e. The van der Waals surface area contributed by atoms with Gasteiger partial charge < -0.3 is 14.2 Å². The van der Waals surface area contributed by atoms with E-state index in [-0.39, 0.29) is 34.7 Å². The third-order valence-corrected chi connectivity index (χ3v) is 11.5. The molecule has 186 valence electrons. The van der Waals surface area contributed by atoms with E-state index in [1.165, 1.54) is 18.4 Å². The molecule has 2 aliphatic heterocycles. The quantitative estimate of drug-likeness (QED) is 0.436. The van der Waals surface area contributed by atoms with Crippen molar-refractivity contribution in [2.24, 2.45) is 46.3 Å². The highest BCUT2D eigenvalue weighted by Crippen LogP contribution is 2.67. The first-order valence-corrected chi connectivity index (χ1v) is 13.5. The second-order valence-corrected chi connectivity index (χ2v) is 12.7. The molecule has 0 aromatic heterocycles. The van der Waals surface area contributed by atoms with Crippen LogP contribution in [0.1, 0.15) is 65.7 Å². The molecular weight excluding hydrogens is 428 g/mol. The summed E-state index contributed by atoms with van der Waals surface area (Å²) in [6, 6.07) is 0. The topological polar surface area (TPSA) is 61.8 Å². The van der Waals surface area contributed by atoms with Gasteiger partial charge in [0.15, 0.2) is 5.78 Å². The van der Waals surface area contributed by atoms with Crippen LogP contribution in [0.2, 0.25) is 0 Å². The number of rotatable bonds is 3. The average Bonchev–Trinajstić information content (AvgIpc) is 3.15. The molecule has 2 bridgehead atoms. The number of carbonyl (C=O) groups excluding carboxylic acids is 2. The van der Waals surface area contributed by atoms with E-state index in [9.17, 15) is 9.59 Å². The Morgan fingerprint density at radius 2 is 1.82 bits per heavy atom. The first kappa shape index (κ1) is 23.0. The fraction of sp³-hybridized carbons (Fsp3) is 0.793. The summed E-state index contributed by atoms with van der Waals surface area (Å²) in [6.07, 6.45) is 13.7. The van der Waals surface area contributed by atoms with Gasteiger partial charge in [0.1, 0.15) is 12.0 Å². The lowest BCUT2D eigenvalue weighted by molar-refractivity contribution is -0.241. The van der Waals surface area contributed by atoms with Crippen molar-refractivity contribution >= 4 is 11.8 Å². The summed E-state index contributed by atoms with van der Waals surface area (Å²) in [5.41, 5.74) is 0.784. The number of esters is 1. The maximum absolute atomic E-state index is 13.1. The Kier molecular flexibility index (Phi) is 5.25. The van der Waals surface area contributed by atoms with Gasteiger partial charge in [-0.1, -0.05) is 24.6 Å². The van der Waals surface area contributed by atoms with E-state index in [4.69, 9.17) is 14.2 Å². The van der Waals surface area contributed by atoms with Crippen molar-refractivity contribution in [1.82, 2.24) is 0 Å². The largest absolute Gasteiger partial charge is 0.461 e. The van der Waals surface area contributed by atoms with Crippen LogP contribution in [0.4, 0.5) is 0 Å². The fourth-order valence-corrected chi connectivity index (χ4v) is 9.55. The van der Waals surface area contributed by atoms with Gasteiger partial charge in [-0.3, -0.25) is 9.59 Å². The normalized spacial score (nSPS) is 51.8. The van der Waals surface area contributed by atoms with Gasteiger partial charge in [0, 0.05) is 19.4 Å². The zero-order chi connectivity index (χ0) is 23.9. The minimum atomic E-state index is -0.489. The van der Waals surface area contributed by atoms with Crippen molar-refractivity contribution in [2.75, 3.05) is 20.3 Å². The zero-order valence-corrected chi connectivity index (χ0v) is 21.2. The molecule has 0 unspecified atom stereocenters. The summed E-state index contributed by atoms with van der Waals surface area (Å²) in [5.74, 6) is 2.23. The van der Waals surface area contributed by atoms with Crippen LogP contribution >= 0.6 is 0 Å². The van der Waals surface area contributed by atoms with Crippen molar-refractivity contribution in [1.29, 1.82) is 0 Å². The van der Waals surface area contributed by atoms with E-state index in [2.05, 4.69) is 26.8 Å². The van der Waals surface area contributed by atoms with Crippen LogP contribution in [0.25, 0.3) is 0 Å². The number of ether oxygens (including phenoxy) is 3. The molecule has 5 heteroatoms. The molecule has 0 amide bonds. The Bertz CT molecular complexity index is 952. The van der Waals surface area contributed by atoms with Gasteiger partial charge in [0.2, 0.25) is 0 Å². The lowest BCUT2D eigenvalue weighted by Crippen LogP contribution is -2.61. The molecule has 0 aromatic carbocycles. The summed E-state index contributed by atoms with van der Waals surface area (Å²) < 4.78 is 17.9. The Morgan fingerprint density at radius 1 is 1.06 bits per heavy atom. The number of hydrogen-bond donors (Lipinski definition) is 0. The molecule has 6 rings (SSSR count).